The Kier molecular flexibility index (Phi) is 31.4. The van der Waals surface area contributed by atoms with Crippen LogP contribution < -0.4 is 64.2 Å². The maximum atomic E-state index is 12.4. The molecule has 13 heteroatoms. The van der Waals surface area contributed by atoms with Gasteiger partial charge in [-0.15, -0.1) is 0 Å². The maximum Gasteiger partial charge on any atom is 1.00 e. The number of hydrogen-bond donors (Lipinski definition) is 1. The number of carbonyl (C=O) groups excluding carboxylic acids is 3. The van der Waals surface area contributed by atoms with Crippen LogP contribution in [0.2, 0.25) is 0 Å². The first-order valence-electron chi connectivity index (χ1n) is 13.5. The number of rotatable bonds is 24. The molecule has 1 N–H and O–H groups in total. The molecule has 216 valence electrons. The summed E-state index contributed by atoms with van der Waals surface area (Å²) in [6.45, 7) is 1.61. The van der Waals surface area contributed by atoms with Gasteiger partial charge >= 0.3 is 65.1 Å². The molecule has 0 aromatic heterocycles. The molecule has 0 saturated heterocycles. The first-order chi connectivity index (χ1) is 17.6. The Balaban J connectivity index is -0.00000648. The average molecular weight is 594 g/mol. The second-order valence-corrected chi connectivity index (χ2v) is 10.7. The number of carbonyl (C=O) groups is 3. The summed E-state index contributed by atoms with van der Waals surface area (Å²) in [5, 5.41) is 17.4. The van der Waals surface area contributed by atoms with Crippen LogP contribution in [0.4, 0.5) is 0 Å². The average Bonchev–Trinajstić information content (AvgIpc) is 2.83. The summed E-state index contributed by atoms with van der Waals surface area (Å²) in [4.78, 5) is 36.1. The SMILES string of the molecule is CCCCCCCCC=CCCCCCCCC(=O)N(CCO)CCOC(=O)CC(C(=O)[O-])S(=O)(=O)[O-].[Na+].[Na+]. The van der Waals surface area contributed by atoms with E-state index < -0.39 is 33.7 Å². The number of carboxylic acids is 1. The summed E-state index contributed by atoms with van der Waals surface area (Å²) in [5.74, 6) is -3.59. The first-order valence-corrected chi connectivity index (χ1v) is 14.9. The molecule has 0 rings (SSSR count). The van der Waals surface area contributed by atoms with Crippen molar-refractivity contribution in [1.29, 1.82) is 0 Å². The second-order valence-electron chi connectivity index (χ2n) is 9.16. The molecule has 10 nitrogen and oxygen atoms in total. The molecule has 0 spiro atoms. The number of aliphatic hydroxyl groups excluding tert-OH is 1. The number of hydrogen-bond acceptors (Lipinski definition) is 9. The number of amides is 1. The van der Waals surface area contributed by atoms with E-state index in [1.165, 1.54) is 43.4 Å². The number of nitrogens with zero attached hydrogens (tertiary/aromatic N) is 1. The van der Waals surface area contributed by atoms with Gasteiger partial charge in [-0.25, -0.2) is 8.42 Å². The predicted molar refractivity (Wildman–Crippen MR) is 137 cm³/mol. The van der Waals surface area contributed by atoms with Crippen molar-refractivity contribution >= 4 is 28.0 Å². The minimum Gasteiger partial charge on any atom is -0.747 e. The van der Waals surface area contributed by atoms with Gasteiger partial charge in [0.1, 0.15) is 16.7 Å². The predicted octanol–water partition coefficient (Wildman–Crippen LogP) is -3.55. The molecule has 0 aromatic carbocycles. The number of ether oxygens (including phenoxy) is 1. The van der Waals surface area contributed by atoms with Gasteiger partial charge in [-0.3, -0.25) is 9.59 Å². The summed E-state index contributed by atoms with van der Waals surface area (Å²) in [5.41, 5.74) is 0. The van der Waals surface area contributed by atoms with Gasteiger partial charge in [-0.2, -0.15) is 0 Å². The van der Waals surface area contributed by atoms with Crippen molar-refractivity contribution in [1.82, 2.24) is 4.90 Å². The molecule has 0 aliphatic rings. The van der Waals surface area contributed by atoms with Crippen molar-refractivity contribution in [2.45, 2.75) is 108 Å². The van der Waals surface area contributed by atoms with Gasteiger partial charge in [-0.05, 0) is 32.1 Å². The number of aliphatic carboxylic acids is 1. The molecule has 39 heavy (non-hydrogen) atoms. The Labute approximate surface area is 279 Å². The largest absolute Gasteiger partial charge is 1.00 e. The van der Waals surface area contributed by atoms with Crippen molar-refractivity contribution in [3.05, 3.63) is 12.2 Å². The van der Waals surface area contributed by atoms with Crippen molar-refractivity contribution in [2.24, 2.45) is 0 Å². The Hall–Kier alpha value is 0.0200. The zero-order valence-corrected chi connectivity index (χ0v) is 29.1. The first kappa shape index (κ1) is 43.5. The molecule has 0 aromatic rings. The zero-order valence-electron chi connectivity index (χ0n) is 24.2. The molecule has 1 unspecified atom stereocenters. The third-order valence-electron chi connectivity index (χ3n) is 5.96. The number of unbranched alkanes of at least 4 members (excludes halogenated alkanes) is 11. The monoisotopic (exact) mass is 593 g/mol. The Morgan fingerprint density at radius 2 is 1.38 bits per heavy atom. The van der Waals surface area contributed by atoms with Gasteiger partial charge in [-0.1, -0.05) is 70.4 Å². The topological polar surface area (TPSA) is 164 Å². The molecule has 0 saturated carbocycles. The fraction of sp³-hybridized carbons (Fsp3) is 0.808. The molecule has 0 aliphatic heterocycles. The van der Waals surface area contributed by atoms with Crippen LogP contribution in [0.15, 0.2) is 12.2 Å². The van der Waals surface area contributed by atoms with E-state index in [9.17, 15) is 37.6 Å². The van der Waals surface area contributed by atoms with Crippen LogP contribution in [0.1, 0.15) is 103 Å². The molecule has 1 amide bonds. The van der Waals surface area contributed by atoms with Crippen LogP contribution in [0, 0.1) is 0 Å². The third kappa shape index (κ3) is 25.5. The van der Waals surface area contributed by atoms with E-state index in [1.54, 1.807) is 0 Å². The molecule has 0 radical (unpaired) electrons. The van der Waals surface area contributed by atoms with Crippen molar-refractivity contribution in [2.75, 3.05) is 26.3 Å². The van der Waals surface area contributed by atoms with Crippen LogP contribution in [0.5, 0.6) is 0 Å². The molecule has 0 bridgehead atoms. The molecule has 0 fully saturated rings. The zero-order chi connectivity index (χ0) is 27.9. The summed E-state index contributed by atoms with van der Waals surface area (Å²) in [7, 11) is -5.27. The summed E-state index contributed by atoms with van der Waals surface area (Å²) < 4.78 is 37.4. The van der Waals surface area contributed by atoms with Crippen LogP contribution in [0.3, 0.4) is 0 Å². The van der Waals surface area contributed by atoms with E-state index in [2.05, 4.69) is 19.1 Å². The van der Waals surface area contributed by atoms with E-state index in [-0.39, 0.29) is 97.7 Å². The van der Waals surface area contributed by atoms with Gasteiger partial charge in [0.05, 0.1) is 30.8 Å². The summed E-state index contributed by atoms with van der Waals surface area (Å²) in [6, 6.07) is 0. The van der Waals surface area contributed by atoms with Crippen LogP contribution in [-0.4, -0.2) is 72.4 Å². The Morgan fingerprint density at radius 3 is 1.87 bits per heavy atom. The van der Waals surface area contributed by atoms with Gasteiger partial charge < -0.3 is 29.2 Å². The fourth-order valence-electron chi connectivity index (χ4n) is 3.77. The Morgan fingerprint density at radius 1 is 0.872 bits per heavy atom. The van der Waals surface area contributed by atoms with Crippen LogP contribution in [0.25, 0.3) is 0 Å². The van der Waals surface area contributed by atoms with E-state index in [0.29, 0.717) is 6.42 Å². The number of esters is 1. The molecule has 0 heterocycles. The fourth-order valence-corrected chi connectivity index (χ4v) is 4.35. The maximum absolute atomic E-state index is 12.4. The number of aliphatic hydroxyl groups is 1. The van der Waals surface area contributed by atoms with E-state index >= 15 is 0 Å². The third-order valence-corrected chi connectivity index (χ3v) is 7.02. The Bertz CT molecular complexity index is 779. The molecular formula is C26H45NNa2O9S. The molecular weight excluding hydrogens is 548 g/mol. The van der Waals surface area contributed by atoms with E-state index in [0.717, 1.165) is 38.5 Å². The van der Waals surface area contributed by atoms with Crippen LogP contribution >= 0.6 is 0 Å². The van der Waals surface area contributed by atoms with Gasteiger partial charge in [0.2, 0.25) is 5.91 Å². The summed E-state index contributed by atoms with van der Waals surface area (Å²) >= 11 is 0. The van der Waals surface area contributed by atoms with Crippen molar-refractivity contribution in [3.8, 4) is 0 Å². The number of carboxylic acid groups (broad SMARTS) is 1. The van der Waals surface area contributed by atoms with Gasteiger partial charge in [0.15, 0.2) is 0 Å². The van der Waals surface area contributed by atoms with E-state index in [1.807, 2.05) is 0 Å². The molecule has 0 aliphatic carbocycles. The summed E-state index contributed by atoms with van der Waals surface area (Å²) in [6.07, 6.45) is 18.6. The molecule has 1 atom stereocenters. The van der Waals surface area contributed by atoms with Gasteiger partial charge in [0.25, 0.3) is 0 Å². The normalized spacial score (nSPS) is 11.9. The standard InChI is InChI=1S/C26H47NO9S.2Na/c1-2-3-4-5-6-7-8-9-10-11-12-13-14-15-16-17-24(29)27(18-20-28)19-21-36-25(30)22-23(26(31)32)37(33,34)35;;/h9-10,23,28H,2-8,11-22H2,1H3,(H,31,32)(H,33,34,35);;/q;2*+1/p-2. The quantitative estimate of drug-likeness (QED) is 0.0392. The van der Waals surface area contributed by atoms with Crippen molar-refractivity contribution < 1.29 is 101 Å². The van der Waals surface area contributed by atoms with Crippen LogP contribution in [-0.2, 0) is 29.2 Å². The van der Waals surface area contributed by atoms with E-state index in [4.69, 9.17) is 4.74 Å². The second kappa shape index (κ2) is 28.2. The van der Waals surface area contributed by atoms with Crippen molar-refractivity contribution in [3.63, 3.8) is 0 Å². The van der Waals surface area contributed by atoms with Gasteiger partial charge in [0, 0.05) is 13.0 Å². The smallest absolute Gasteiger partial charge is 0.747 e. The minimum atomic E-state index is -5.27. The minimum absolute atomic E-state index is 0. The number of allylic oxidation sites excluding steroid dienone is 2.